The number of amides is 1. The lowest BCUT2D eigenvalue weighted by Gasteiger charge is -2.28. The molecule has 1 atom stereocenters. The monoisotopic (exact) mass is 427 g/mol. The van der Waals surface area contributed by atoms with E-state index in [-0.39, 0.29) is 11.9 Å². The highest BCUT2D eigenvalue weighted by molar-refractivity contribution is 7.22. The Bertz CT molecular complexity index is 962. The van der Waals surface area contributed by atoms with Crippen LogP contribution in [-0.4, -0.2) is 42.5 Å². The van der Waals surface area contributed by atoms with Crippen LogP contribution in [0.15, 0.2) is 41.8 Å². The van der Waals surface area contributed by atoms with Crippen molar-refractivity contribution >= 4 is 28.6 Å². The molecular formula is C22H25N3O2S2. The van der Waals surface area contributed by atoms with E-state index in [1.165, 1.54) is 29.7 Å². The van der Waals surface area contributed by atoms with Crippen LogP contribution < -0.4 is 10.1 Å². The van der Waals surface area contributed by atoms with Crippen molar-refractivity contribution in [3.63, 3.8) is 0 Å². The molecule has 1 unspecified atom stereocenters. The number of likely N-dealkylation sites (tertiary alicyclic amines) is 1. The van der Waals surface area contributed by atoms with Crippen LogP contribution in [0.25, 0.3) is 9.88 Å². The fourth-order valence-corrected chi connectivity index (χ4v) is 5.52. The Morgan fingerprint density at radius 3 is 2.83 bits per heavy atom. The van der Waals surface area contributed by atoms with Crippen LogP contribution in [0, 0.1) is 6.92 Å². The maximum Gasteiger partial charge on any atom is 0.263 e. The van der Waals surface area contributed by atoms with Gasteiger partial charge in [-0.2, -0.15) is 0 Å². The van der Waals surface area contributed by atoms with E-state index in [0.717, 1.165) is 34.4 Å². The Balaban J connectivity index is 1.50. The highest BCUT2D eigenvalue weighted by atomic mass is 32.1. The highest BCUT2D eigenvalue weighted by Crippen LogP contribution is 2.31. The molecule has 0 bridgehead atoms. The lowest BCUT2D eigenvalue weighted by Crippen LogP contribution is -2.36. The average Bonchev–Trinajstić information content (AvgIpc) is 3.50. The molecule has 1 fully saturated rings. The summed E-state index contributed by atoms with van der Waals surface area (Å²) in [5.74, 6) is 0.798. The summed E-state index contributed by atoms with van der Waals surface area (Å²) in [6.07, 6.45) is 2.40. The molecule has 152 valence electrons. The SMILES string of the molecule is COc1cccc(C(CNC(=O)c2sc(-c3cccs3)nc2C)N2CCCC2)c1. The zero-order valence-corrected chi connectivity index (χ0v) is 18.3. The first-order valence-corrected chi connectivity index (χ1v) is 11.5. The summed E-state index contributed by atoms with van der Waals surface area (Å²) in [7, 11) is 1.68. The lowest BCUT2D eigenvalue weighted by atomic mass is 10.0. The molecule has 1 aromatic carbocycles. The molecular weight excluding hydrogens is 402 g/mol. The maximum absolute atomic E-state index is 12.9. The largest absolute Gasteiger partial charge is 0.497 e. The molecule has 1 aliphatic heterocycles. The molecule has 1 amide bonds. The summed E-state index contributed by atoms with van der Waals surface area (Å²) >= 11 is 3.11. The van der Waals surface area contributed by atoms with Gasteiger partial charge in [-0.3, -0.25) is 9.69 Å². The number of hydrogen-bond donors (Lipinski definition) is 1. The molecule has 5 nitrogen and oxygen atoms in total. The summed E-state index contributed by atoms with van der Waals surface area (Å²) in [5, 5.41) is 6.10. The van der Waals surface area contributed by atoms with Crippen molar-refractivity contribution in [2.75, 3.05) is 26.7 Å². The van der Waals surface area contributed by atoms with E-state index in [1.807, 2.05) is 36.6 Å². The normalized spacial score (nSPS) is 15.4. The summed E-state index contributed by atoms with van der Waals surface area (Å²) < 4.78 is 5.40. The highest BCUT2D eigenvalue weighted by Gasteiger charge is 2.25. The van der Waals surface area contributed by atoms with Crippen LogP contribution in [0.1, 0.15) is 39.8 Å². The molecule has 0 spiro atoms. The number of nitrogens with zero attached hydrogens (tertiary/aromatic N) is 2. The molecule has 0 aliphatic carbocycles. The Morgan fingerprint density at radius 1 is 1.28 bits per heavy atom. The van der Waals surface area contributed by atoms with Gasteiger partial charge in [-0.25, -0.2) is 4.98 Å². The second kappa shape index (κ2) is 9.07. The third-order valence-corrected chi connectivity index (χ3v) is 7.45. The van der Waals surface area contributed by atoms with Gasteiger partial charge in [-0.1, -0.05) is 18.2 Å². The molecule has 3 aromatic rings. The standard InChI is InChI=1S/C22H25N3O2S2/c1-15-20(29-22(24-15)19-9-6-12-28-19)21(26)23-14-18(25-10-3-4-11-25)16-7-5-8-17(13-16)27-2/h5-9,12-13,18H,3-4,10-11,14H2,1-2H3,(H,23,26). The number of nitrogens with one attached hydrogen (secondary N) is 1. The number of aryl methyl sites for hydroxylation is 1. The summed E-state index contributed by atoms with van der Waals surface area (Å²) in [6, 6.07) is 12.3. The number of aromatic nitrogens is 1. The first-order valence-electron chi connectivity index (χ1n) is 9.83. The number of carbonyl (C=O) groups excluding carboxylic acids is 1. The average molecular weight is 428 g/mol. The van der Waals surface area contributed by atoms with Gasteiger partial charge in [0.25, 0.3) is 5.91 Å². The number of hydrogen-bond acceptors (Lipinski definition) is 6. The summed E-state index contributed by atoms with van der Waals surface area (Å²) in [5.41, 5.74) is 1.96. The molecule has 1 N–H and O–H groups in total. The van der Waals surface area contributed by atoms with Crippen molar-refractivity contribution in [3.8, 4) is 15.6 Å². The molecule has 2 aromatic heterocycles. The minimum absolute atomic E-state index is 0.0464. The van der Waals surface area contributed by atoms with E-state index in [1.54, 1.807) is 18.4 Å². The van der Waals surface area contributed by atoms with Crippen molar-refractivity contribution in [1.82, 2.24) is 15.2 Å². The van der Waals surface area contributed by atoms with Gasteiger partial charge >= 0.3 is 0 Å². The molecule has 0 saturated carbocycles. The number of thiazole rings is 1. The Hall–Kier alpha value is -2.22. The number of methoxy groups -OCH3 is 1. The smallest absolute Gasteiger partial charge is 0.263 e. The van der Waals surface area contributed by atoms with Gasteiger partial charge in [0.15, 0.2) is 0 Å². The van der Waals surface area contributed by atoms with Crippen LogP contribution in [0.3, 0.4) is 0 Å². The first-order chi connectivity index (χ1) is 14.2. The topological polar surface area (TPSA) is 54.5 Å². The molecule has 1 aliphatic rings. The number of carbonyl (C=O) groups is 1. The van der Waals surface area contributed by atoms with Gasteiger partial charge < -0.3 is 10.1 Å². The minimum atomic E-state index is -0.0464. The molecule has 29 heavy (non-hydrogen) atoms. The summed E-state index contributed by atoms with van der Waals surface area (Å²) in [4.78, 5) is 21.8. The van der Waals surface area contributed by atoms with Crippen LogP contribution in [0.2, 0.25) is 0 Å². The van der Waals surface area contributed by atoms with E-state index in [0.29, 0.717) is 11.4 Å². The van der Waals surface area contributed by atoms with Crippen molar-refractivity contribution in [2.45, 2.75) is 25.8 Å². The minimum Gasteiger partial charge on any atom is -0.497 e. The third kappa shape index (κ3) is 4.52. The maximum atomic E-state index is 12.9. The zero-order valence-electron chi connectivity index (χ0n) is 16.7. The fourth-order valence-electron chi connectivity index (χ4n) is 3.74. The van der Waals surface area contributed by atoms with Crippen molar-refractivity contribution in [1.29, 1.82) is 0 Å². The van der Waals surface area contributed by atoms with Gasteiger partial charge in [0.1, 0.15) is 15.6 Å². The van der Waals surface area contributed by atoms with E-state index in [4.69, 9.17) is 4.74 Å². The molecule has 0 radical (unpaired) electrons. The molecule has 7 heteroatoms. The zero-order chi connectivity index (χ0) is 20.2. The quantitative estimate of drug-likeness (QED) is 0.591. The van der Waals surface area contributed by atoms with Gasteiger partial charge in [0.2, 0.25) is 0 Å². The number of benzene rings is 1. The van der Waals surface area contributed by atoms with E-state index in [2.05, 4.69) is 27.3 Å². The number of ether oxygens (including phenoxy) is 1. The predicted molar refractivity (Wildman–Crippen MR) is 119 cm³/mol. The lowest BCUT2D eigenvalue weighted by molar-refractivity contribution is 0.0941. The molecule has 4 rings (SSSR count). The second-order valence-electron chi connectivity index (χ2n) is 7.16. The fraction of sp³-hybridized carbons (Fsp3) is 0.364. The number of rotatable bonds is 7. The Kier molecular flexibility index (Phi) is 6.28. The van der Waals surface area contributed by atoms with Gasteiger partial charge in [-0.05, 0) is 62.0 Å². The number of thiophene rings is 1. The van der Waals surface area contributed by atoms with E-state index in [9.17, 15) is 4.79 Å². The van der Waals surface area contributed by atoms with Crippen molar-refractivity contribution < 1.29 is 9.53 Å². The van der Waals surface area contributed by atoms with E-state index >= 15 is 0 Å². The van der Waals surface area contributed by atoms with Crippen molar-refractivity contribution in [3.05, 3.63) is 57.9 Å². The second-order valence-corrected chi connectivity index (χ2v) is 9.10. The Morgan fingerprint density at radius 2 is 2.10 bits per heavy atom. The Labute approximate surface area is 179 Å². The predicted octanol–water partition coefficient (Wildman–Crippen LogP) is 4.76. The van der Waals surface area contributed by atoms with Gasteiger partial charge in [0.05, 0.1) is 23.7 Å². The van der Waals surface area contributed by atoms with Crippen molar-refractivity contribution in [2.24, 2.45) is 0 Å². The van der Waals surface area contributed by atoms with Crippen LogP contribution in [0.4, 0.5) is 0 Å². The van der Waals surface area contributed by atoms with Gasteiger partial charge in [-0.15, -0.1) is 22.7 Å². The van der Waals surface area contributed by atoms with Gasteiger partial charge in [0, 0.05) is 6.54 Å². The first kappa shape index (κ1) is 20.1. The molecule has 3 heterocycles. The van der Waals surface area contributed by atoms with Crippen LogP contribution in [0.5, 0.6) is 5.75 Å². The van der Waals surface area contributed by atoms with E-state index < -0.39 is 0 Å². The summed E-state index contributed by atoms with van der Waals surface area (Å²) in [6.45, 7) is 4.58. The molecule has 1 saturated heterocycles. The van der Waals surface area contributed by atoms with Crippen LogP contribution in [-0.2, 0) is 0 Å². The van der Waals surface area contributed by atoms with Crippen LogP contribution >= 0.6 is 22.7 Å². The third-order valence-electron chi connectivity index (χ3n) is 5.25.